The van der Waals surface area contributed by atoms with E-state index in [0.29, 0.717) is 17.2 Å². The molecule has 0 radical (unpaired) electrons. The van der Waals surface area contributed by atoms with Gasteiger partial charge in [0.15, 0.2) is 0 Å². The number of nitrogens with zero attached hydrogens (tertiary/aromatic N) is 3. The van der Waals surface area contributed by atoms with Crippen molar-refractivity contribution >= 4 is 22.4 Å². The lowest BCUT2D eigenvalue weighted by Crippen LogP contribution is -2.37. The van der Waals surface area contributed by atoms with Crippen LogP contribution in [0.5, 0.6) is 0 Å². The Labute approximate surface area is 167 Å². The van der Waals surface area contributed by atoms with E-state index < -0.39 is 0 Å². The SMILES string of the molecule is O=C(Nc1nnc(-c2ccccc2)s1)C1CCN(Cc2ccccc2F)CC1. The number of carbonyl (C=O) groups excluding carboxylic acids is 1. The van der Waals surface area contributed by atoms with Crippen LogP contribution in [0.2, 0.25) is 0 Å². The first-order valence-corrected chi connectivity index (χ1v) is 10.2. The van der Waals surface area contributed by atoms with E-state index in [2.05, 4.69) is 20.4 Å². The quantitative estimate of drug-likeness (QED) is 0.702. The van der Waals surface area contributed by atoms with Crippen molar-refractivity contribution in [2.24, 2.45) is 5.92 Å². The van der Waals surface area contributed by atoms with E-state index in [1.54, 1.807) is 6.07 Å². The Hall–Kier alpha value is -2.64. The second-order valence-electron chi connectivity index (χ2n) is 6.91. The van der Waals surface area contributed by atoms with Gasteiger partial charge in [-0.1, -0.05) is 59.9 Å². The zero-order valence-electron chi connectivity index (χ0n) is 15.3. The fourth-order valence-electron chi connectivity index (χ4n) is 3.40. The van der Waals surface area contributed by atoms with Gasteiger partial charge in [0, 0.05) is 23.6 Å². The van der Waals surface area contributed by atoms with Crippen LogP contribution >= 0.6 is 11.3 Å². The largest absolute Gasteiger partial charge is 0.300 e. The van der Waals surface area contributed by atoms with E-state index in [1.165, 1.54) is 17.4 Å². The maximum absolute atomic E-state index is 13.8. The first kappa shape index (κ1) is 18.7. The number of anilines is 1. The molecule has 0 spiro atoms. The molecular formula is C21H21FN4OS. The Morgan fingerprint density at radius 2 is 1.79 bits per heavy atom. The van der Waals surface area contributed by atoms with Gasteiger partial charge in [-0.2, -0.15) is 0 Å². The molecule has 1 amide bonds. The van der Waals surface area contributed by atoms with Gasteiger partial charge in [-0.25, -0.2) is 4.39 Å². The minimum absolute atomic E-state index is 0.0127. The third-order valence-electron chi connectivity index (χ3n) is 4.99. The molecular weight excluding hydrogens is 375 g/mol. The van der Waals surface area contributed by atoms with E-state index >= 15 is 0 Å². The zero-order valence-corrected chi connectivity index (χ0v) is 16.2. The number of aromatic nitrogens is 2. The summed E-state index contributed by atoms with van der Waals surface area (Å²) in [6, 6.07) is 16.6. The summed E-state index contributed by atoms with van der Waals surface area (Å²) in [6.45, 7) is 2.13. The lowest BCUT2D eigenvalue weighted by molar-refractivity contribution is -0.121. The molecule has 1 aromatic heterocycles. The van der Waals surface area contributed by atoms with E-state index in [1.807, 2.05) is 42.5 Å². The number of benzene rings is 2. The highest BCUT2D eigenvalue weighted by Gasteiger charge is 2.26. The summed E-state index contributed by atoms with van der Waals surface area (Å²) in [5, 5.41) is 12.5. The molecule has 0 atom stereocenters. The number of rotatable bonds is 5. The average Bonchev–Trinajstić information content (AvgIpc) is 3.19. The summed E-state index contributed by atoms with van der Waals surface area (Å²) in [5.41, 5.74) is 1.69. The summed E-state index contributed by atoms with van der Waals surface area (Å²) in [4.78, 5) is 14.8. The van der Waals surface area contributed by atoms with Gasteiger partial charge in [0.25, 0.3) is 0 Å². The van der Waals surface area contributed by atoms with Crippen LogP contribution in [0.4, 0.5) is 9.52 Å². The molecule has 7 heteroatoms. The Morgan fingerprint density at radius 3 is 2.54 bits per heavy atom. The molecule has 1 N–H and O–H groups in total. The van der Waals surface area contributed by atoms with Gasteiger partial charge in [0.05, 0.1) is 0 Å². The van der Waals surface area contributed by atoms with Crippen LogP contribution in [0.1, 0.15) is 18.4 Å². The van der Waals surface area contributed by atoms with Crippen LogP contribution in [0.3, 0.4) is 0 Å². The summed E-state index contributed by atoms with van der Waals surface area (Å²) in [6.07, 6.45) is 1.51. The van der Waals surface area contributed by atoms with Gasteiger partial charge >= 0.3 is 0 Å². The van der Waals surface area contributed by atoms with Gasteiger partial charge in [-0.15, -0.1) is 10.2 Å². The maximum atomic E-state index is 13.8. The molecule has 2 heterocycles. The predicted molar refractivity (Wildman–Crippen MR) is 108 cm³/mol. The highest BCUT2D eigenvalue weighted by molar-refractivity contribution is 7.18. The number of likely N-dealkylation sites (tertiary alicyclic amines) is 1. The number of hydrogen-bond donors (Lipinski definition) is 1. The maximum Gasteiger partial charge on any atom is 0.229 e. The normalized spacial score (nSPS) is 15.5. The molecule has 1 aliphatic heterocycles. The molecule has 1 saturated heterocycles. The lowest BCUT2D eigenvalue weighted by atomic mass is 9.95. The Bertz CT molecular complexity index is 938. The summed E-state index contributed by atoms with van der Waals surface area (Å²) in [7, 11) is 0. The molecule has 0 bridgehead atoms. The van der Waals surface area contributed by atoms with Crippen molar-refractivity contribution < 1.29 is 9.18 Å². The topological polar surface area (TPSA) is 58.1 Å². The van der Waals surface area contributed by atoms with Crippen molar-refractivity contribution in [2.75, 3.05) is 18.4 Å². The first-order valence-electron chi connectivity index (χ1n) is 9.34. The Kier molecular flexibility index (Phi) is 5.73. The molecule has 5 nitrogen and oxygen atoms in total. The average molecular weight is 396 g/mol. The van der Waals surface area contributed by atoms with E-state index in [-0.39, 0.29) is 17.6 Å². The van der Waals surface area contributed by atoms with Crippen LogP contribution in [-0.2, 0) is 11.3 Å². The number of amides is 1. The van der Waals surface area contributed by atoms with Gasteiger partial charge in [-0.3, -0.25) is 9.69 Å². The molecule has 0 saturated carbocycles. The van der Waals surface area contributed by atoms with Gasteiger partial charge in [-0.05, 0) is 32.0 Å². The second-order valence-corrected chi connectivity index (χ2v) is 7.89. The van der Waals surface area contributed by atoms with Crippen molar-refractivity contribution in [3.8, 4) is 10.6 Å². The highest BCUT2D eigenvalue weighted by Crippen LogP contribution is 2.27. The molecule has 1 aliphatic rings. The van der Waals surface area contributed by atoms with E-state index in [0.717, 1.165) is 36.5 Å². The van der Waals surface area contributed by atoms with Crippen molar-refractivity contribution in [1.82, 2.24) is 15.1 Å². The van der Waals surface area contributed by atoms with Crippen LogP contribution in [0.25, 0.3) is 10.6 Å². The molecule has 144 valence electrons. The van der Waals surface area contributed by atoms with Crippen LogP contribution in [0.15, 0.2) is 54.6 Å². The molecule has 2 aromatic carbocycles. The third kappa shape index (κ3) is 4.43. The fraction of sp³-hybridized carbons (Fsp3) is 0.286. The molecule has 1 fully saturated rings. The second kappa shape index (κ2) is 8.58. The van der Waals surface area contributed by atoms with Gasteiger partial charge in [0.1, 0.15) is 10.8 Å². The lowest BCUT2D eigenvalue weighted by Gasteiger charge is -2.31. The Balaban J connectivity index is 1.30. The van der Waals surface area contributed by atoms with Crippen molar-refractivity contribution in [3.63, 3.8) is 0 Å². The molecule has 0 aliphatic carbocycles. The summed E-state index contributed by atoms with van der Waals surface area (Å²) in [5.74, 6) is -0.241. The van der Waals surface area contributed by atoms with E-state index in [9.17, 15) is 9.18 Å². The number of hydrogen-bond acceptors (Lipinski definition) is 5. The van der Waals surface area contributed by atoms with E-state index in [4.69, 9.17) is 0 Å². The third-order valence-corrected chi connectivity index (χ3v) is 5.87. The summed E-state index contributed by atoms with van der Waals surface area (Å²) < 4.78 is 13.8. The zero-order chi connectivity index (χ0) is 19.3. The number of carbonyl (C=O) groups is 1. The number of nitrogens with one attached hydrogen (secondary N) is 1. The highest BCUT2D eigenvalue weighted by atomic mass is 32.1. The fourth-order valence-corrected chi connectivity index (χ4v) is 4.15. The first-order chi connectivity index (χ1) is 13.7. The molecule has 4 rings (SSSR count). The van der Waals surface area contributed by atoms with Crippen molar-refractivity contribution in [1.29, 1.82) is 0 Å². The Morgan fingerprint density at radius 1 is 1.07 bits per heavy atom. The minimum atomic E-state index is -0.173. The number of piperidine rings is 1. The van der Waals surface area contributed by atoms with Crippen LogP contribution in [-0.4, -0.2) is 34.1 Å². The molecule has 28 heavy (non-hydrogen) atoms. The van der Waals surface area contributed by atoms with Gasteiger partial charge in [0.2, 0.25) is 11.0 Å². The standard InChI is InChI=1S/C21H21FN4OS/c22-18-9-5-4-8-17(18)14-26-12-10-15(11-13-26)19(27)23-21-25-24-20(28-21)16-6-2-1-3-7-16/h1-9,15H,10-14H2,(H,23,25,27). The van der Waals surface area contributed by atoms with Crippen LogP contribution in [0, 0.1) is 11.7 Å². The van der Waals surface area contributed by atoms with Crippen molar-refractivity contribution in [2.45, 2.75) is 19.4 Å². The molecule has 3 aromatic rings. The summed E-state index contributed by atoms with van der Waals surface area (Å²) >= 11 is 1.38. The number of halogens is 1. The molecule has 0 unspecified atom stereocenters. The van der Waals surface area contributed by atoms with Crippen molar-refractivity contribution in [3.05, 3.63) is 66.0 Å². The monoisotopic (exact) mass is 396 g/mol. The predicted octanol–water partition coefficient (Wildman–Crippen LogP) is 4.19. The van der Waals surface area contributed by atoms with Gasteiger partial charge < -0.3 is 5.32 Å². The smallest absolute Gasteiger partial charge is 0.229 e. The van der Waals surface area contributed by atoms with Crippen LogP contribution < -0.4 is 5.32 Å². The minimum Gasteiger partial charge on any atom is -0.300 e.